The van der Waals surface area contributed by atoms with Crippen LogP contribution in [0.2, 0.25) is 0 Å². The summed E-state index contributed by atoms with van der Waals surface area (Å²) in [5.74, 6) is 0.937. The number of rotatable bonds is 5. The molecule has 0 aliphatic carbocycles. The molecule has 0 unspecified atom stereocenters. The molecule has 2 aromatic heterocycles. The first-order valence-electron chi connectivity index (χ1n) is 6.56. The predicted molar refractivity (Wildman–Crippen MR) is 75.7 cm³/mol. The van der Waals surface area contributed by atoms with Crippen molar-refractivity contribution in [1.29, 1.82) is 0 Å². The van der Waals surface area contributed by atoms with Crippen molar-refractivity contribution in [2.24, 2.45) is 0 Å². The van der Waals surface area contributed by atoms with Crippen molar-refractivity contribution < 1.29 is 5.11 Å². The van der Waals surface area contributed by atoms with Gasteiger partial charge in [-0.3, -0.25) is 0 Å². The van der Waals surface area contributed by atoms with Crippen molar-refractivity contribution >= 4 is 0 Å². The van der Waals surface area contributed by atoms with Crippen molar-refractivity contribution in [2.45, 2.75) is 13.0 Å². The topological polar surface area (TPSA) is 55.9 Å². The quantitative estimate of drug-likeness (QED) is 0.765. The summed E-state index contributed by atoms with van der Waals surface area (Å²) in [5.41, 5.74) is 2.14. The zero-order chi connectivity index (χ0) is 13.8. The Morgan fingerprint density at radius 1 is 1.15 bits per heavy atom. The monoisotopic (exact) mass is 268 g/mol. The number of hydrogen-bond donors (Lipinski definition) is 1. The van der Waals surface area contributed by atoms with Gasteiger partial charge in [-0.2, -0.15) is 5.10 Å². The highest BCUT2D eigenvalue weighted by molar-refractivity contribution is 5.31. The smallest absolute Gasteiger partial charge is 0.113 e. The Hall–Kier alpha value is -2.40. The highest BCUT2D eigenvalue weighted by Crippen LogP contribution is 2.11. The minimum atomic E-state index is 0.118. The van der Waals surface area contributed by atoms with E-state index in [9.17, 15) is 0 Å². The van der Waals surface area contributed by atoms with E-state index >= 15 is 0 Å². The summed E-state index contributed by atoms with van der Waals surface area (Å²) in [7, 11) is 0. The fourth-order valence-electron chi connectivity index (χ4n) is 2.17. The van der Waals surface area contributed by atoms with Crippen LogP contribution in [0.25, 0.3) is 5.69 Å². The fraction of sp³-hybridized carbons (Fsp3) is 0.200. The Labute approximate surface area is 117 Å². The fourth-order valence-corrected chi connectivity index (χ4v) is 2.17. The number of aliphatic hydroxyl groups is 1. The Balaban J connectivity index is 1.79. The molecule has 3 rings (SSSR count). The second-order valence-electron chi connectivity index (χ2n) is 4.57. The Kier molecular flexibility index (Phi) is 3.60. The zero-order valence-corrected chi connectivity index (χ0v) is 11.1. The van der Waals surface area contributed by atoms with Gasteiger partial charge in [0.2, 0.25) is 0 Å². The van der Waals surface area contributed by atoms with Crippen LogP contribution >= 0.6 is 0 Å². The standard InChI is InChI=1S/C15H16N4O/c20-9-8-18-7-6-16-15(18)10-13-11-17-19(12-13)14-4-2-1-3-5-14/h1-7,11-12,20H,8-10H2. The van der Waals surface area contributed by atoms with Crippen molar-refractivity contribution in [2.75, 3.05) is 6.61 Å². The number of benzene rings is 1. The molecule has 2 heterocycles. The molecule has 0 aliphatic rings. The molecular weight excluding hydrogens is 252 g/mol. The van der Waals surface area contributed by atoms with Gasteiger partial charge in [0.1, 0.15) is 5.82 Å². The second kappa shape index (κ2) is 5.71. The maximum Gasteiger partial charge on any atom is 0.113 e. The first kappa shape index (κ1) is 12.6. The number of aromatic nitrogens is 4. The molecule has 0 bridgehead atoms. The average molecular weight is 268 g/mol. The van der Waals surface area contributed by atoms with Crippen LogP contribution in [0.4, 0.5) is 0 Å². The molecule has 3 aromatic rings. The van der Waals surface area contributed by atoms with E-state index in [2.05, 4.69) is 10.1 Å². The number of hydrogen-bond acceptors (Lipinski definition) is 3. The normalized spacial score (nSPS) is 10.8. The minimum Gasteiger partial charge on any atom is -0.395 e. The van der Waals surface area contributed by atoms with E-state index in [0.29, 0.717) is 13.0 Å². The Morgan fingerprint density at radius 3 is 2.80 bits per heavy atom. The van der Waals surface area contributed by atoms with E-state index in [1.165, 1.54) is 0 Å². The lowest BCUT2D eigenvalue weighted by molar-refractivity contribution is 0.274. The summed E-state index contributed by atoms with van der Waals surface area (Å²) in [6, 6.07) is 10.0. The van der Waals surface area contributed by atoms with Crippen LogP contribution in [0, 0.1) is 0 Å². The van der Waals surface area contributed by atoms with Gasteiger partial charge in [0.15, 0.2) is 0 Å². The van der Waals surface area contributed by atoms with Crippen LogP contribution in [0.3, 0.4) is 0 Å². The van der Waals surface area contributed by atoms with Crippen LogP contribution in [-0.4, -0.2) is 31.0 Å². The molecule has 0 radical (unpaired) electrons. The summed E-state index contributed by atoms with van der Waals surface area (Å²) < 4.78 is 3.81. The molecule has 102 valence electrons. The molecule has 5 heteroatoms. The van der Waals surface area contributed by atoms with Gasteiger partial charge in [-0.15, -0.1) is 0 Å². The predicted octanol–water partition coefficient (Wildman–Crippen LogP) is 1.65. The molecule has 0 fully saturated rings. The van der Waals surface area contributed by atoms with Crippen LogP contribution in [-0.2, 0) is 13.0 Å². The molecule has 1 aromatic carbocycles. The van der Waals surface area contributed by atoms with Crippen molar-refractivity contribution in [3.63, 3.8) is 0 Å². The van der Waals surface area contributed by atoms with Gasteiger partial charge < -0.3 is 9.67 Å². The molecule has 0 saturated carbocycles. The van der Waals surface area contributed by atoms with E-state index in [0.717, 1.165) is 17.1 Å². The van der Waals surface area contributed by atoms with E-state index < -0.39 is 0 Å². The summed E-state index contributed by atoms with van der Waals surface area (Å²) in [6.07, 6.45) is 8.21. The van der Waals surface area contributed by atoms with E-state index in [1.54, 1.807) is 6.20 Å². The van der Waals surface area contributed by atoms with Crippen LogP contribution < -0.4 is 0 Å². The lowest BCUT2D eigenvalue weighted by Gasteiger charge is -2.04. The molecule has 0 spiro atoms. The van der Waals surface area contributed by atoms with Gasteiger partial charge in [-0.1, -0.05) is 18.2 Å². The van der Waals surface area contributed by atoms with Crippen LogP contribution in [0.1, 0.15) is 11.4 Å². The lowest BCUT2D eigenvalue weighted by Crippen LogP contribution is -2.06. The van der Waals surface area contributed by atoms with Gasteiger partial charge >= 0.3 is 0 Å². The molecule has 20 heavy (non-hydrogen) atoms. The first-order valence-corrected chi connectivity index (χ1v) is 6.56. The van der Waals surface area contributed by atoms with Gasteiger partial charge in [-0.25, -0.2) is 9.67 Å². The third-order valence-electron chi connectivity index (χ3n) is 3.16. The largest absolute Gasteiger partial charge is 0.395 e. The van der Waals surface area contributed by atoms with Gasteiger partial charge in [0.05, 0.1) is 18.5 Å². The number of imidazole rings is 1. The number of para-hydroxylation sites is 1. The van der Waals surface area contributed by atoms with Gasteiger partial charge in [0, 0.05) is 31.6 Å². The highest BCUT2D eigenvalue weighted by Gasteiger charge is 2.06. The number of aliphatic hydroxyl groups excluding tert-OH is 1. The highest BCUT2D eigenvalue weighted by atomic mass is 16.3. The molecule has 5 nitrogen and oxygen atoms in total. The van der Waals surface area contributed by atoms with Crippen LogP contribution in [0.15, 0.2) is 55.1 Å². The number of nitrogens with zero attached hydrogens (tertiary/aromatic N) is 4. The molecule has 0 amide bonds. The molecule has 1 N–H and O–H groups in total. The summed E-state index contributed by atoms with van der Waals surface area (Å²) in [4.78, 5) is 4.33. The third-order valence-corrected chi connectivity index (χ3v) is 3.16. The van der Waals surface area contributed by atoms with E-state index in [1.807, 2.05) is 58.2 Å². The van der Waals surface area contributed by atoms with Gasteiger partial charge in [0.25, 0.3) is 0 Å². The SMILES string of the molecule is OCCn1ccnc1Cc1cnn(-c2ccccc2)c1. The maximum absolute atomic E-state index is 9.02. The third kappa shape index (κ3) is 2.62. The molecule has 0 saturated heterocycles. The average Bonchev–Trinajstić information content (AvgIpc) is 3.11. The Bertz CT molecular complexity index is 672. The van der Waals surface area contributed by atoms with Crippen molar-refractivity contribution in [1.82, 2.24) is 19.3 Å². The zero-order valence-electron chi connectivity index (χ0n) is 11.1. The summed E-state index contributed by atoms with van der Waals surface area (Å²) in [6.45, 7) is 0.689. The maximum atomic E-state index is 9.02. The lowest BCUT2D eigenvalue weighted by atomic mass is 10.2. The van der Waals surface area contributed by atoms with Crippen molar-refractivity contribution in [3.05, 3.63) is 66.5 Å². The minimum absolute atomic E-state index is 0.118. The second-order valence-corrected chi connectivity index (χ2v) is 4.57. The Morgan fingerprint density at radius 2 is 2.00 bits per heavy atom. The van der Waals surface area contributed by atoms with Crippen LogP contribution in [0.5, 0.6) is 0 Å². The molecule has 0 atom stereocenters. The van der Waals surface area contributed by atoms with Gasteiger partial charge in [-0.05, 0) is 17.7 Å². The summed E-state index contributed by atoms with van der Waals surface area (Å²) in [5, 5.41) is 13.4. The van der Waals surface area contributed by atoms with E-state index in [4.69, 9.17) is 5.11 Å². The van der Waals surface area contributed by atoms with Crippen molar-refractivity contribution in [3.8, 4) is 5.69 Å². The summed E-state index contributed by atoms with van der Waals surface area (Å²) >= 11 is 0. The first-order chi connectivity index (χ1) is 9.86. The van der Waals surface area contributed by atoms with E-state index in [-0.39, 0.29) is 6.61 Å². The molecule has 0 aliphatic heterocycles. The molecular formula is C15H16N4O.